The van der Waals surface area contributed by atoms with Gasteiger partial charge in [0.2, 0.25) is 11.8 Å². The van der Waals surface area contributed by atoms with Crippen LogP contribution in [0.15, 0.2) is 23.3 Å². The van der Waals surface area contributed by atoms with Crippen LogP contribution in [-0.4, -0.2) is 65.3 Å². The Balaban J connectivity index is 1.89. The second-order valence-electron chi connectivity index (χ2n) is 7.30. The Morgan fingerprint density at radius 1 is 1.31 bits per heavy atom. The van der Waals surface area contributed by atoms with Crippen molar-refractivity contribution in [1.82, 2.24) is 15.5 Å². The van der Waals surface area contributed by atoms with Crippen molar-refractivity contribution in [3.8, 4) is 12.3 Å². The lowest BCUT2D eigenvalue weighted by atomic mass is 9.99. The van der Waals surface area contributed by atoms with Crippen molar-refractivity contribution in [2.45, 2.75) is 38.3 Å². The smallest absolute Gasteiger partial charge is 0.317 e. The van der Waals surface area contributed by atoms with E-state index in [1.54, 1.807) is 13.0 Å². The molecule has 0 spiro atoms. The van der Waals surface area contributed by atoms with Gasteiger partial charge in [0, 0.05) is 13.1 Å². The number of nitrogens with zero attached hydrogens (tertiary/aromatic N) is 1. The molecule has 1 saturated heterocycles. The number of hydrogen-bond acceptors (Lipinski definition) is 5. The van der Waals surface area contributed by atoms with Gasteiger partial charge in [0.05, 0.1) is 18.2 Å². The number of nitrogens with two attached hydrogens (primary N) is 1. The molecular formula is C20H27N5O4. The van der Waals surface area contributed by atoms with Crippen LogP contribution in [0.2, 0.25) is 0 Å². The molecule has 1 aliphatic heterocycles. The van der Waals surface area contributed by atoms with Crippen LogP contribution < -0.4 is 16.4 Å². The van der Waals surface area contributed by atoms with Crippen molar-refractivity contribution in [3.05, 3.63) is 23.3 Å². The molecule has 9 nitrogen and oxygen atoms in total. The van der Waals surface area contributed by atoms with E-state index in [9.17, 15) is 14.4 Å². The summed E-state index contributed by atoms with van der Waals surface area (Å²) < 4.78 is 0. The average Bonchev–Trinajstić information content (AvgIpc) is 3.44. The van der Waals surface area contributed by atoms with Gasteiger partial charge in [-0.25, -0.2) is 0 Å². The summed E-state index contributed by atoms with van der Waals surface area (Å²) in [6.07, 6.45) is 10.8. The van der Waals surface area contributed by atoms with Crippen molar-refractivity contribution >= 4 is 23.6 Å². The lowest BCUT2D eigenvalue weighted by Crippen LogP contribution is -2.62. The Hall–Kier alpha value is -3.12. The number of carboxylic acids is 1. The van der Waals surface area contributed by atoms with E-state index in [0.717, 1.165) is 18.4 Å². The molecule has 0 aromatic carbocycles. The molecular weight excluding hydrogens is 374 g/mol. The zero-order chi connectivity index (χ0) is 21.6. The van der Waals surface area contributed by atoms with Gasteiger partial charge in [0.1, 0.15) is 11.9 Å². The first-order chi connectivity index (χ1) is 13.7. The molecule has 156 valence electrons. The van der Waals surface area contributed by atoms with Crippen molar-refractivity contribution < 1.29 is 19.5 Å². The highest BCUT2D eigenvalue weighted by Gasteiger charge is 2.44. The monoisotopic (exact) mass is 401 g/mol. The summed E-state index contributed by atoms with van der Waals surface area (Å²) in [6.45, 7) is 2.27. The van der Waals surface area contributed by atoms with Crippen LogP contribution in [0.4, 0.5) is 0 Å². The van der Waals surface area contributed by atoms with E-state index in [2.05, 4.69) is 16.6 Å². The van der Waals surface area contributed by atoms with Gasteiger partial charge < -0.3 is 21.1 Å². The summed E-state index contributed by atoms with van der Waals surface area (Å²) >= 11 is 0. The number of carbonyl (C=O) groups is 3. The van der Waals surface area contributed by atoms with E-state index < -0.39 is 18.1 Å². The zero-order valence-electron chi connectivity index (χ0n) is 16.4. The van der Waals surface area contributed by atoms with Gasteiger partial charge in [-0.1, -0.05) is 17.6 Å². The second kappa shape index (κ2) is 9.89. The van der Waals surface area contributed by atoms with E-state index in [1.807, 2.05) is 0 Å². The quantitative estimate of drug-likeness (QED) is 0.146. The average molecular weight is 401 g/mol. The normalized spacial score (nSPS) is 20.3. The molecule has 2 aliphatic rings. The maximum atomic E-state index is 12.8. The number of allylic oxidation sites excluding steroid dienone is 2. The van der Waals surface area contributed by atoms with E-state index in [4.69, 9.17) is 22.7 Å². The number of nitrogens with one attached hydrogen (secondary N) is 3. The van der Waals surface area contributed by atoms with Crippen LogP contribution in [0.5, 0.6) is 0 Å². The maximum Gasteiger partial charge on any atom is 0.317 e. The fourth-order valence-corrected chi connectivity index (χ4v) is 3.03. The van der Waals surface area contributed by atoms with Gasteiger partial charge in [0.15, 0.2) is 0 Å². The van der Waals surface area contributed by atoms with Crippen LogP contribution in [-0.2, 0) is 14.4 Å². The van der Waals surface area contributed by atoms with Gasteiger partial charge in [-0.2, -0.15) is 0 Å². The second-order valence-corrected chi connectivity index (χ2v) is 7.30. The number of carboxylic acid groups (broad SMARTS) is 1. The third-order valence-electron chi connectivity index (χ3n) is 4.96. The minimum absolute atomic E-state index is 0.134. The molecule has 0 unspecified atom stereocenters. The molecule has 1 heterocycles. The summed E-state index contributed by atoms with van der Waals surface area (Å²) in [7, 11) is 0. The number of amides is 2. The molecule has 1 saturated carbocycles. The van der Waals surface area contributed by atoms with Crippen molar-refractivity contribution in [2.75, 3.05) is 19.6 Å². The Morgan fingerprint density at radius 2 is 2.00 bits per heavy atom. The SMILES string of the molecule is C#C/C(=C\C=C(/C)CNC(=O)[C@@H]1CCN1C(=O)[C@H](NCC(=O)O)C1CC1)C(=N)N. The molecule has 2 fully saturated rings. The molecule has 2 atom stereocenters. The number of likely N-dealkylation sites (tertiary alicyclic amines) is 1. The predicted octanol–water partition coefficient (Wildman–Crippen LogP) is -0.402. The number of hydrogen-bond donors (Lipinski definition) is 5. The molecule has 0 bridgehead atoms. The van der Waals surface area contributed by atoms with Crippen LogP contribution >= 0.6 is 0 Å². The van der Waals surface area contributed by atoms with E-state index in [0.29, 0.717) is 13.0 Å². The number of carbonyl (C=O) groups excluding carboxylic acids is 2. The number of terminal acetylenes is 1. The Labute approximate surface area is 169 Å². The summed E-state index contributed by atoms with van der Waals surface area (Å²) in [5.74, 6) is 0.760. The molecule has 0 aromatic rings. The van der Waals surface area contributed by atoms with E-state index >= 15 is 0 Å². The Kier molecular flexibility index (Phi) is 7.56. The Bertz CT molecular complexity index is 791. The molecule has 0 aromatic heterocycles. The first-order valence-corrected chi connectivity index (χ1v) is 9.46. The van der Waals surface area contributed by atoms with Crippen LogP contribution in [0, 0.1) is 23.7 Å². The van der Waals surface area contributed by atoms with Crippen LogP contribution in [0.3, 0.4) is 0 Å². The van der Waals surface area contributed by atoms with Crippen molar-refractivity contribution in [1.29, 1.82) is 5.41 Å². The van der Waals surface area contributed by atoms with Gasteiger partial charge in [-0.15, -0.1) is 6.42 Å². The highest BCUT2D eigenvalue weighted by atomic mass is 16.4. The van der Waals surface area contributed by atoms with Gasteiger partial charge in [-0.05, 0) is 38.2 Å². The highest BCUT2D eigenvalue weighted by molar-refractivity contribution is 5.98. The Morgan fingerprint density at radius 3 is 2.48 bits per heavy atom. The molecule has 0 radical (unpaired) electrons. The first kappa shape index (κ1) is 22.2. The van der Waals surface area contributed by atoms with Gasteiger partial charge >= 0.3 is 5.97 Å². The lowest BCUT2D eigenvalue weighted by molar-refractivity contribution is -0.149. The van der Waals surface area contributed by atoms with E-state index in [1.165, 1.54) is 11.0 Å². The standard InChI is InChI=1S/C20H27N5O4/c1-3-13(18(21)22)5-4-12(2)10-24-19(28)15-8-9-25(15)20(29)17(14-6-7-14)23-11-16(26)27/h1,4-5,14-15,17,23H,6-11H2,2H3,(H3,21,22)(H,24,28)(H,26,27)/b12-4+,13-5+/t15-,17+/m0/s1. The zero-order valence-corrected chi connectivity index (χ0v) is 16.4. The largest absolute Gasteiger partial charge is 0.480 e. The molecule has 2 rings (SSSR count). The number of aliphatic carboxylic acids is 1. The fraction of sp³-hybridized carbons (Fsp3) is 0.500. The summed E-state index contributed by atoms with van der Waals surface area (Å²) in [5.41, 5.74) is 6.42. The van der Waals surface area contributed by atoms with Crippen molar-refractivity contribution in [3.63, 3.8) is 0 Å². The summed E-state index contributed by atoms with van der Waals surface area (Å²) in [5, 5.41) is 21.8. The van der Waals surface area contributed by atoms with Crippen molar-refractivity contribution in [2.24, 2.45) is 11.7 Å². The molecule has 29 heavy (non-hydrogen) atoms. The molecule has 6 N–H and O–H groups in total. The van der Waals surface area contributed by atoms with Gasteiger partial charge in [0.25, 0.3) is 0 Å². The van der Waals surface area contributed by atoms with Crippen LogP contribution in [0.25, 0.3) is 0 Å². The van der Waals surface area contributed by atoms with Gasteiger partial charge in [-0.3, -0.25) is 25.1 Å². The lowest BCUT2D eigenvalue weighted by Gasteiger charge is -2.41. The summed E-state index contributed by atoms with van der Waals surface area (Å²) in [4.78, 5) is 37.6. The summed E-state index contributed by atoms with van der Waals surface area (Å²) in [6, 6.07) is -1.10. The third-order valence-corrected chi connectivity index (χ3v) is 4.96. The molecule has 9 heteroatoms. The number of rotatable bonds is 10. The minimum atomic E-state index is -1.02. The maximum absolute atomic E-state index is 12.8. The van der Waals surface area contributed by atoms with Crippen LogP contribution in [0.1, 0.15) is 26.2 Å². The highest BCUT2D eigenvalue weighted by Crippen LogP contribution is 2.34. The minimum Gasteiger partial charge on any atom is -0.480 e. The number of amidine groups is 1. The predicted molar refractivity (Wildman–Crippen MR) is 108 cm³/mol. The van der Waals surface area contributed by atoms with E-state index in [-0.39, 0.29) is 42.2 Å². The topological polar surface area (TPSA) is 149 Å². The third kappa shape index (κ3) is 6.19. The first-order valence-electron chi connectivity index (χ1n) is 9.46. The fourth-order valence-electron chi connectivity index (χ4n) is 3.03. The molecule has 1 aliphatic carbocycles. The molecule has 2 amide bonds.